The molecule has 0 aromatic rings. The van der Waals surface area contributed by atoms with Gasteiger partial charge in [0.2, 0.25) is 5.91 Å². The average molecular weight is 323 g/mol. The van der Waals surface area contributed by atoms with Crippen molar-refractivity contribution in [3.8, 4) is 0 Å². The molecule has 0 radical (unpaired) electrons. The number of allylic oxidation sites excluding steroid dienone is 2. The van der Waals surface area contributed by atoms with Crippen molar-refractivity contribution in [1.82, 2.24) is 5.32 Å². The highest BCUT2D eigenvalue weighted by atomic mass is 79.9. The Morgan fingerprint density at radius 2 is 2.25 bits per heavy atom. The second-order valence-electron chi connectivity index (χ2n) is 3.47. The van der Waals surface area contributed by atoms with Gasteiger partial charge in [0.15, 0.2) is 0 Å². The molecule has 2 unspecified atom stereocenters. The first-order chi connectivity index (χ1) is 7.45. The Labute approximate surface area is 113 Å². The summed E-state index contributed by atoms with van der Waals surface area (Å²) in [5.41, 5.74) is 6.40. The molecule has 0 saturated heterocycles. The minimum atomic E-state index is -0.497. The van der Waals surface area contributed by atoms with E-state index in [9.17, 15) is 4.79 Å². The molecule has 0 aromatic heterocycles. The van der Waals surface area contributed by atoms with Crippen LogP contribution in [0.25, 0.3) is 0 Å². The standard InChI is InChI=1S/C10H15BrN2OS2/c1-6-4-7(15-2)5-10(13-6,16-3)8(11)9(12)14/h4-5,8,13H,1-3H3,(H2,12,14). The number of nitrogens with two attached hydrogens (primary N) is 1. The van der Waals surface area contributed by atoms with Gasteiger partial charge in [-0.25, -0.2) is 0 Å². The van der Waals surface area contributed by atoms with Crippen molar-refractivity contribution in [2.24, 2.45) is 5.73 Å². The van der Waals surface area contributed by atoms with E-state index >= 15 is 0 Å². The molecule has 0 fully saturated rings. The van der Waals surface area contributed by atoms with Gasteiger partial charge in [-0.15, -0.1) is 23.5 Å². The van der Waals surface area contributed by atoms with Crippen LogP contribution in [0.1, 0.15) is 6.92 Å². The molecule has 3 N–H and O–H groups in total. The van der Waals surface area contributed by atoms with E-state index in [4.69, 9.17) is 5.73 Å². The van der Waals surface area contributed by atoms with Gasteiger partial charge in [-0.2, -0.15) is 0 Å². The fraction of sp³-hybridized carbons (Fsp3) is 0.500. The summed E-state index contributed by atoms with van der Waals surface area (Å²) in [4.78, 5) is 11.5. The van der Waals surface area contributed by atoms with Crippen LogP contribution in [0.2, 0.25) is 0 Å². The third-order valence-electron chi connectivity index (χ3n) is 2.31. The van der Waals surface area contributed by atoms with Crippen LogP contribution in [0, 0.1) is 0 Å². The lowest BCUT2D eigenvalue weighted by Gasteiger charge is -2.37. The highest BCUT2D eigenvalue weighted by molar-refractivity contribution is 9.10. The van der Waals surface area contributed by atoms with Crippen LogP contribution in [0.3, 0.4) is 0 Å². The van der Waals surface area contributed by atoms with E-state index in [0.29, 0.717) is 0 Å². The Hall–Kier alpha value is -0.0700. The van der Waals surface area contributed by atoms with E-state index in [2.05, 4.69) is 27.3 Å². The number of hydrogen-bond acceptors (Lipinski definition) is 4. The molecule has 3 nitrogen and oxygen atoms in total. The quantitative estimate of drug-likeness (QED) is 0.778. The molecular weight excluding hydrogens is 308 g/mol. The number of hydrogen-bond donors (Lipinski definition) is 2. The van der Waals surface area contributed by atoms with Gasteiger partial charge in [-0.3, -0.25) is 4.79 Å². The maximum Gasteiger partial charge on any atom is 0.234 e. The first-order valence-electron chi connectivity index (χ1n) is 4.67. The molecule has 1 aliphatic rings. The topological polar surface area (TPSA) is 55.1 Å². The van der Waals surface area contributed by atoms with Crippen molar-refractivity contribution in [2.45, 2.75) is 16.6 Å². The van der Waals surface area contributed by atoms with Crippen LogP contribution >= 0.6 is 39.5 Å². The zero-order valence-electron chi connectivity index (χ0n) is 9.41. The van der Waals surface area contributed by atoms with Crippen molar-refractivity contribution < 1.29 is 4.79 Å². The third kappa shape index (κ3) is 2.78. The van der Waals surface area contributed by atoms with Crippen LogP contribution in [-0.2, 0) is 4.79 Å². The number of halogens is 1. The molecule has 0 saturated carbocycles. The number of rotatable bonds is 4. The molecule has 0 bridgehead atoms. The summed E-state index contributed by atoms with van der Waals surface area (Å²) in [5, 5.41) is 3.31. The molecular formula is C10H15BrN2OS2. The number of dihydropyridines is 1. The van der Waals surface area contributed by atoms with Gasteiger partial charge in [-0.1, -0.05) is 15.9 Å². The Balaban J connectivity index is 3.11. The molecule has 1 aliphatic heterocycles. The van der Waals surface area contributed by atoms with Crippen LogP contribution in [0.4, 0.5) is 0 Å². The van der Waals surface area contributed by atoms with Crippen LogP contribution in [0.5, 0.6) is 0 Å². The van der Waals surface area contributed by atoms with Crippen LogP contribution in [-0.4, -0.2) is 28.1 Å². The summed E-state index contributed by atoms with van der Waals surface area (Å²) < 4.78 is 0. The lowest BCUT2D eigenvalue weighted by atomic mass is 10.1. The maximum atomic E-state index is 11.3. The smallest absolute Gasteiger partial charge is 0.234 e. The van der Waals surface area contributed by atoms with Gasteiger partial charge in [0.25, 0.3) is 0 Å². The Morgan fingerprint density at radius 1 is 1.62 bits per heavy atom. The number of thioether (sulfide) groups is 2. The van der Waals surface area contributed by atoms with E-state index in [1.165, 1.54) is 0 Å². The van der Waals surface area contributed by atoms with Crippen molar-refractivity contribution >= 4 is 45.4 Å². The van der Waals surface area contributed by atoms with Gasteiger partial charge in [-0.05, 0) is 31.6 Å². The van der Waals surface area contributed by atoms with Crippen molar-refractivity contribution in [2.75, 3.05) is 12.5 Å². The van der Waals surface area contributed by atoms with E-state index in [-0.39, 0.29) is 5.91 Å². The summed E-state index contributed by atoms with van der Waals surface area (Å²) in [5.74, 6) is -0.367. The lowest BCUT2D eigenvalue weighted by molar-refractivity contribution is -0.117. The van der Waals surface area contributed by atoms with Crippen molar-refractivity contribution in [1.29, 1.82) is 0 Å². The van der Waals surface area contributed by atoms with E-state index in [0.717, 1.165) is 10.6 Å². The average Bonchev–Trinajstić information content (AvgIpc) is 2.26. The molecule has 1 heterocycles. The van der Waals surface area contributed by atoms with Gasteiger partial charge < -0.3 is 11.1 Å². The van der Waals surface area contributed by atoms with E-state index in [1.54, 1.807) is 23.5 Å². The van der Waals surface area contributed by atoms with Gasteiger partial charge in [0.1, 0.15) is 9.70 Å². The zero-order chi connectivity index (χ0) is 12.3. The lowest BCUT2D eigenvalue weighted by Crippen LogP contribution is -2.53. The van der Waals surface area contributed by atoms with Gasteiger partial charge in [0, 0.05) is 10.6 Å². The number of amides is 1. The molecule has 0 aromatic carbocycles. The first kappa shape index (κ1) is 14.0. The minimum Gasteiger partial charge on any atom is -0.370 e. The summed E-state index contributed by atoms with van der Waals surface area (Å²) >= 11 is 6.58. The van der Waals surface area contributed by atoms with Gasteiger partial charge >= 0.3 is 0 Å². The number of primary amides is 1. The Bertz CT molecular complexity index is 357. The molecule has 0 aliphatic carbocycles. The second-order valence-corrected chi connectivity index (χ2v) is 6.34. The number of nitrogens with one attached hydrogen (secondary N) is 1. The number of alkyl halides is 1. The summed E-state index contributed by atoms with van der Waals surface area (Å²) in [7, 11) is 0. The predicted molar refractivity (Wildman–Crippen MR) is 76.6 cm³/mol. The largest absolute Gasteiger partial charge is 0.370 e. The molecule has 1 amide bonds. The summed E-state index contributed by atoms with van der Waals surface area (Å²) in [6.07, 6.45) is 8.07. The first-order valence-corrected chi connectivity index (χ1v) is 8.03. The maximum absolute atomic E-state index is 11.3. The molecule has 16 heavy (non-hydrogen) atoms. The molecule has 90 valence electrons. The highest BCUT2D eigenvalue weighted by Crippen LogP contribution is 2.37. The molecule has 6 heteroatoms. The third-order valence-corrected chi connectivity index (χ3v) is 5.62. The number of carbonyl (C=O) groups excluding carboxylic acids is 1. The fourth-order valence-corrected chi connectivity index (χ4v) is 3.84. The SMILES string of the molecule is CSC1=CC(SC)(C(Br)C(N)=O)NC(C)=C1. The monoisotopic (exact) mass is 322 g/mol. The Kier molecular flexibility index (Phi) is 4.82. The predicted octanol–water partition coefficient (Wildman–Crippen LogP) is 2.05. The normalized spacial score (nSPS) is 26.5. The minimum absolute atomic E-state index is 0.367. The zero-order valence-corrected chi connectivity index (χ0v) is 12.6. The van der Waals surface area contributed by atoms with Crippen molar-refractivity contribution in [3.05, 3.63) is 22.8 Å². The summed E-state index contributed by atoms with van der Waals surface area (Å²) in [6.45, 7) is 1.98. The fourth-order valence-electron chi connectivity index (χ4n) is 1.53. The van der Waals surface area contributed by atoms with Crippen molar-refractivity contribution in [3.63, 3.8) is 0 Å². The molecule has 1 rings (SSSR count). The van der Waals surface area contributed by atoms with E-state index < -0.39 is 9.70 Å². The van der Waals surface area contributed by atoms with Crippen LogP contribution < -0.4 is 11.1 Å². The second kappa shape index (κ2) is 5.51. The number of carbonyl (C=O) groups is 1. The highest BCUT2D eigenvalue weighted by Gasteiger charge is 2.40. The molecule has 2 atom stereocenters. The van der Waals surface area contributed by atoms with Gasteiger partial charge in [0.05, 0.1) is 0 Å². The van der Waals surface area contributed by atoms with E-state index in [1.807, 2.05) is 25.5 Å². The molecule has 0 spiro atoms. The van der Waals surface area contributed by atoms with Crippen LogP contribution in [0.15, 0.2) is 22.8 Å². The summed E-state index contributed by atoms with van der Waals surface area (Å²) in [6, 6.07) is 0. The Morgan fingerprint density at radius 3 is 2.69 bits per heavy atom.